The maximum Gasteiger partial charge on any atom is 0.201 e. The summed E-state index contributed by atoms with van der Waals surface area (Å²) in [4.78, 5) is 11.6. The summed E-state index contributed by atoms with van der Waals surface area (Å²) >= 11 is 0. The zero-order chi connectivity index (χ0) is 10.3. The third kappa shape index (κ3) is 1.30. The van der Waals surface area contributed by atoms with Crippen LogP contribution >= 0.6 is 0 Å². The Kier molecular flexibility index (Phi) is 1.75. The molecule has 0 aromatic rings. The van der Waals surface area contributed by atoms with E-state index in [1.807, 2.05) is 18.2 Å². The normalized spacial score (nSPS) is 22.8. The summed E-state index contributed by atoms with van der Waals surface area (Å²) in [6.07, 6.45) is 13.7. The minimum Gasteiger partial charge on any atom is -0.352 e. The Morgan fingerprint density at radius 3 is 3.07 bits per heavy atom. The maximum atomic E-state index is 11.6. The Balaban J connectivity index is 2.06. The number of rotatable bonds is 0. The first kappa shape index (κ1) is 8.48. The zero-order valence-electron chi connectivity index (χ0n) is 8.29. The van der Waals surface area contributed by atoms with Crippen LogP contribution in [0.5, 0.6) is 0 Å². The monoisotopic (exact) mass is 197 g/mol. The summed E-state index contributed by atoms with van der Waals surface area (Å²) in [6.45, 7) is 0. The van der Waals surface area contributed by atoms with E-state index in [0.29, 0.717) is 0 Å². The Hall–Kier alpha value is -1.83. The molecule has 3 rings (SSSR count). The second-order valence-corrected chi connectivity index (χ2v) is 3.88. The second-order valence-electron chi connectivity index (χ2n) is 3.88. The highest BCUT2D eigenvalue weighted by molar-refractivity contribution is 6.06. The summed E-state index contributed by atoms with van der Waals surface area (Å²) in [6, 6.07) is 0. The van der Waals surface area contributed by atoms with Crippen molar-refractivity contribution in [2.45, 2.75) is 12.8 Å². The van der Waals surface area contributed by atoms with Crippen LogP contribution in [0.1, 0.15) is 12.8 Å². The molecule has 0 amide bonds. The summed E-state index contributed by atoms with van der Waals surface area (Å²) in [5.74, 6) is 0.0852. The molecule has 0 aromatic heterocycles. The molecule has 1 heterocycles. The SMILES string of the molecule is O=C1C=CCC2=C1NC1=CC=CCC1=C2. The van der Waals surface area contributed by atoms with Crippen LogP contribution in [0.25, 0.3) is 0 Å². The number of hydrogen-bond donors (Lipinski definition) is 1. The van der Waals surface area contributed by atoms with Crippen molar-refractivity contribution in [1.82, 2.24) is 5.32 Å². The first-order chi connectivity index (χ1) is 7.34. The van der Waals surface area contributed by atoms with Crippen LogP contribution in [0, 0.1) is 0 Å². The van der Waals surface area contributed by atoms with Gasteiger partial charge in [0.2, 0.25) is 5.78 Å². The zero-order valence-corrected chi connectivity index (χ0v) is 8.29. The summed E-state index contributed by atoms with van der Waals surface area (Å²) < 4.78 is 0. The van der Waals surface area contributed by atoms with Gasteiger partial charge in [0.05, 0.1) is 5.70 Å². The molecule has 1 aliphatic heterocycles. The number of carbonyl (C=O) groups excluding carboxylic acids is 1. The predicted molar refractivity (Wildman–Crippen MR) is 58.8 cm³/mol. The minimum absolute atomic E-state index is 0.0852. The van der Waals surface area contributed by atoms with Gasteiger partial charge < -0.3 is 5.32 Å². The highest BCUT2D eigenvalue weighted by atomic mass is 16.1. The van der Waals surface area contributed by atoms with Gasteiger partial charge in [0.25, 0.3) is 0 Å². The van der Waals surface area contributed by atoms with Gasteiger partial charge in [0, 0.05) is 5.70 Å². The van der Waals surface area contributed by atoms with Crippen molar-refractivity contribution < 1.29 is 4.79 Å². The van der Waals surface area contributed by atoms with E-state index in [1.54, 1.807) is 6.08 Å². The van der Waals surface area contributed by atoms with Crippen LogP contribution in [0.15, 0.2) is 59.0 Å². The fraction of sp³-hybridized carbons (Fsp3) is 0.154. The average Bonchev–Trinajstić information content (AvgIpc) is 2.27. The average molecular weight is 197 g/mol. The lowest BCUT2D eigenvalue weighted by molar-refractivity contribution is -0.111. The van der Waals surface area contributed by atoms with Crippen LogP contribution in [0.3, 0.4) is 0 Å². The lowest BCUT2D eigenvalue weighted by Gasteiger charge is -2.25. The second kappa shape index (κ2) is 3.09. The van der Waals surface area contributed by atoms with Crippen LogP contribution in [0.4, 0.5) is 0 Å². The van der Waals surface area contributed by atoms with E-state index < -0.39 is 0 Å². The first-order valence-electron chi connectivity index (χ1n) is 5.13. The third-order valence-electron chi connectivity index (χ3n) is 2.87. The Labute approximate surface area is 88.4 Å². The van der Waals surface area contributed by atoms with Gasteiger partial charge in [-0.15, -0.1) is 0 Å². The van der Waals surface area contributed by atoms with Crippen LogP contribution in [-0.4, -0.2) is 5.78 Å². The van der Waals surface area contributed by atoms with Crippen LogP contribution < -0.4 is 5.32 Å². The fourth-order valence-corrected chi connectivity index (χ4v) is 2.09. The Morgan fingerprint density at radius 2 is 2.13 bits per heavy atom. The van der Waals surface area contributed by atoms with Gasteiger partial charge in [-0.2, -0.15) is 0 Å². The van der Waals surface area contributed by atoms with E-state index >= 15 is 0 Å². The summed E-state index contributed by atoms with van der Waals surface area (Å²) in [5.41, 5.74) is 4.21. The molecule has 2 aliphatic carbocycles. The standard InChI is InChI=1S/C13H11NO/c15-12-7-3-5-10-8-9-4-1-2-6-11(9)14-13(10)12/h1-3,6-8,14H,4-5H2. The number of ketones is 1. The van der Waals surface area contributed by atoms with E-state index in [1.165, 1.54) is 5.57 Å². The lowest BCUT2D eigenvalue weighted by atomic mass is 9.91. The number of carbonyl (C=O) groups is 1. The first-order valence-corrected chi connectivity index (χ1v) is 5.13. The van der Waals surface area contributed by atoms with Gasteiger partial charge in [-0.05, 0) is 36.1 Å². The molecule has 0 saturated carbocycles. The van der Waals surface area contributed by atoms with Crippen molar-refractivity contribution in [3.8, 4) is 0 Å². The number of nitrogens with one attached hydrogen (secondary N) is 1. The number of fused-ring (bicyclic) bond motifs is 1. The molecule has 2 heteroatoms. The van der Waals surface area contributed by atoms with E-state index in [4.69, 9.17) is 0 Å². The lowest BCUT2D eigenvalue weighted by Crippen LogP contribution is -2.27. The van der Waals surface area contributed by atoms with Gasteiger partial charge in [-0.1, -0.05) is 24.3 Å². The largest absolute Gasteiger partial charge is 0.352 e. The molecule has 0 bridgehead atoms. The molecule has 0 radical (unpaired) electrons. The highest BCUT2D eigenvalue weighted by Crippen LogP contribution is 2.29. The molecule has 0 fully saturated rings. The smallest absolute Gasteiger partial charge is 0.201 e. The summed E-state index contributed by atoms with van der Waals surface area (Å²) in [7, 11) is 0. The van der Waals surface area contributed by atoms with Gasteiger partial charge in [-0.3, -0.25) is 4.79 Å². The van der Waals surface area contributed by atoms with Crippen LogP contribution in [-0.2, 0) is 4.79 Å². The molecule has 3 aliphatic rings. The number of hydrogen-bond acceptors (Lipinski definition) is 2. The minimum atomic E-state index is 0.0852. The third-order valence-corrected chi connectivity index (χ3v) is 2.87. The molecule has 74 valence electrons. The molecule has 0 spiro atoms. The van der Waals surface area contributed by atoms with Gasteiger partial charge in [-0.25, -0.2) is 0 Å². The van der Waals surface area contributed by atoms with E-state index in [-0.39, 0.29) is 5.78 Å². The van der Waals surface area contributed by atoms with Gasteiger partial charge in [0.15, 0.2) is 0 Å². The summed E-state index contributed by atoms with van der Waals surface area (Å²) in [5, 5.41) is 3.23. The Bertz CT molecular complexity index is 487. The molecule has 0 aromatic carbocycles. The molecule has 1 N–H and O–H groups in total. The quantitative estimate of drug-likeness (QED) is 0.644. The highest BCUT2D eigenvalue weighted by Gasteiger charge is 2.22. The van der Waals surface area contributed by atoms with Crippen molar-refractivity contribution in [3.63, 3.8) is 0 Å². The topological polar surface area (TPSA) is 29.1 Å². The number of allylic oxidation sites excluding steroid dienone is 8. The van der Waals surface area contributed by atoms with Gasteiger partial charge >= 0.3 is 0 Å². The molecule has 0 atom stereocenters. The van der Waals surface area contributed by atoms with E-state index in [2.05, 4.69) is 17.5 Å². The van der Waals surface area contributed by atoms with Crippen molar-refractivity contribution in [2.24, 2.45) is 0 Å². The fourth-order valence-electron chi connectivity index (χ4n) is 2.09. The molecule has 0 unspecified atom stereocenters. The van der Waals surface area contributed by atoms with E-state index in [0.717, 1.165) is 29.8 Å². The molecule has 0 saturated heterocycles. The predicted octanol–water partition coefficient (Wildman–Crippen LogP) is 2.14. The van der Waals surface area contributed by atoms with Gasteiger partial charge in [0.1, 0.15) is 0 Å². The number of dihydropyridines is 1. The Morgan fingerprint density at radius 1 is 1.20 bits per heavy atom. The molecule has 2 nitrogen and oxygen atoms in total. The van der Waals surface area contributed by atoms with Crippen LogP contribution in [0.2, 0.25) is 0 Å². The molecular formula is C13H11NO. The maximum absolute atomic E-state index is 11.6. The van der Waals surface area contributed by atoms with Crippen molar-refractivity contribution in [2.75, 3.05) is 0 Å². The van der Waals surface area contributed by atoms with Crippen molar-refractivity contribution in [1.29, 1.82) is 0 Å². The molecule has 15 heavy (non-hydrogen) atoms. The van der Waals surface area contributed by atoms with Crippen molar-refractivity contribution in [3.05, 3.63) is 59.0 Å². The van der Waals surface area contributed by atoms with Crippen molar-refractivity contribution >= 4 is 5.78 Å². The van der Waals surface area contributed by atoms with E-state index in [9.17, 15) is 4.79 Å². The molecular weight excluding hydrogens is 186 g/mol.